The van der Waals surface area contributed by atoms with Gasteiger partial charge in [0.25, 0.3) is 11.8 Å². The van der Waals surface area contributed by atoms with Crippen molar-refractivity contribution in [3.05, 3.63) is 47.7 Å². The zero-order chi connectivity index (χ0) is 38.9. The van der Waals surface area contributed by atoms with Crippen molar-refractivity contribution in [2.75, 3.05) is 45.2 Å². The highest BCUT2D eigenvalue weighted by molar-refractivity contribution is 6.18. The summed E-state index contributed by atoms with van der Waals surface area (Å²) in [4.78, 5) is 27.5. The van der Waals surface area contributed by atoms with E-state index in [1.807, 2.05) is 4.90 Å². The smallest absolute Gasteiger partial charge is 0.319 e. The largest absolute Gasteiger partial charge is 0.508 e. The molecule has 10 nitrogen and oxygen atoms in total. The van der Waals surface area contributed by atoms with E-state index in [9.17, 15) is 27.5 Å². The summed E-state index contributed by atoms with van der Waals surface area (Å²) in [5, 5.41) is 16.5. The lowest BCUT2D eigenvalue weighted by Crippen LogP contribution is -2.56. The second-order valence-corrected chi connectivity index (χ2v) is 15.7. The number of carbonyl (C=O) groups is 1. The highest BCUT2D eigenvalue weighted by Gasteiger charge is 2.71. The van der Waals surface area contributed by atoms with Gasteiger partial charge < -0.3 is 24.5 Å². The summed E-state index contributed by atoms with van der Waals surface area (Å²) in [6.45, 7) is -0.130. The van der Waals surface area contributed by atoms with E-state index in [1.54, 1.807) is 37.1 Å². The third-order valence-corrected chi connectivity index (χ3v) is 11.6. The molecule has 55 heavy (non-hydrogen) atoms. The number of phenolic OH excluding ortho intramolecular Hbond substituents is 1. The van der Waals surface area contributed by atoms with Crippen LogP contribution in [0.5, 0.6) is 11.8 Å². The lowest BCUT2D eigenvalue weighted by atomic mass is 9.91. The highest BCUT2D eigenvalue weighted by Crippen LogP contribution is 2.61. The van der Waals surface area contributed by atoms with Gasteiger partial charge in [-0.15, -0.1) is 6.42 Å². The number of fused-ring (bicyclic) bond motifs is 6. The van der Waals surface area contributed by atoms with Crippen LogP contribution in [0, 0.1) is 35.3 Å². The molecule has 2 saturated carbocycles. The number of terminal acetylenes is 1. The minimum Gasteiger partial charge on any atom is -0.508 e. The summed E-state index contributed by atoms with van der Waals surface area (Å²) in [6, 6.07) is 3.95. The minimum absolute atomic E-state index is 0.00723. The number of carbonyl (C=O) groups excluding carboxylic acids is 1. The number of aromatic nitrogens is 4. The predicted octanol–water partition coefficient (Wildman–Crippen LogP) is 6.10. The number of anilines is 1. The molecule has 286 valence electrons. The molecule has 4 fully saturated rings. The topological polar surface area (TPSA) is 99.9 Å². The normalized spacial score (nSPS) is 24.9. The molecule has 3 unspecified atom stereocenters. The van der Waals surface area contributed by atoms with Gasteiger partial charge in [-0.3, -0.25) is 9.48 Å². The Kier molecular flexibility index (Phi) is 7.63. The fourth-order valence-electron chi connectivity index (χ4n) is 8.88. The maximum atomic E-state index is 17.6. The second-order valence-electron chi connectivity index (χ2n) is 15.7. The Morgan fingerprint density at radius 1 is 1.07 bits per heavy atom. The average Bonchev–Trinajstić information content (AvgIpc) is 3.78. The van der Waals surface area contributed by atoms with Crippen molar-refractivity contribution in [2.24, 2.45) is 18.4 Å². The van der Waals surface area contributed by atoms with Gasteiger partial charge in [0.2, 0.25) is 5.91 Å². The van der Waals surface area contributed by atoms with Gasteiger partial charge in [-0.05, 0) is 56.1 Å². The molecule has 4 heterocycles. The number of nitrogens with zero attached hydrogens (tertiary/aromatic N) is 7. The first-order valence-corrected chi connectivity index (χ1v) is 17.9. The summed E-state index contributed by atoms with van der Waals surface area (Å²) in [6.07, 6.45) is 7.58. The number of ether oxygens (including phenoxy) is 1. The van der Waals surface area contributed by atoms with Crippen LogP contribution < -0.4 is 9.64 Å². The van der Waals surface area contributed by atoms with Crippen molar-refractivity contribution < 1.29 is 41.0 Å². The van der Waals surface area contributed by atoms with Crippen LogP contribution in [-0.2, 0) is 11.8 Å². The lowest BCUT2D eigenvalue weighted by molar-refractivity contribution is -0.138. The third kappa shape index (κ3) is 5.44. The highest BCUT2D eigenvalue weighted by atomic mass is 19.3. The molecule has 4 aliphatic rings. The molecule has 2 aromatic heterocycles. The van der Waals surface area contributed by atoms with E-state index in [-0.39, 0.29) is 75.7 Å². The number of amides is 1. The SMILES string of the molecule is C#Cc1c(F)ccc2cc(O)cc(-c3c(F)c4nc(OC[C@]5(CN(C)C)CC5(F)F)nc(N5CC6CCC(C5)N6C(=O)C5CC5(F)F)c4c4cn(C)nc34)c12. The summed E-state index contributed by atoms with van der Waals surface area (Å²) in [5.74, 6) is -7.38. The molecular formula is C39H35F6N7O3. The molecule has 1 N–H and O–H groups in total. The van der Waals surface area contributed by atoms with Crippen LogP contribution in [0.15, 0.2) is 30.5 Å². The van der Waals surface area contributed by atoms with E-state index in [4.69, 9.17) is 16.1 Å². The van der Waals surface area contributed by atoms with Gasteiger partial charge in [0.05, 0.1) is 16.4 Å². The van der Waals surface area contributed by atoms with Crippen molar-refractivity contribution in [2.45, 2.75) is 49.6 Å². The number of rotatable bonds is 8. The zero-order valence-electron chi connectivity index (χ0n) is 30.0. The lowest BCUT2D eigenvalue weighted by Gasteiger charge is -2.42. The van der Waals surface area contributed by atoms with E-state index in [0.29, 0.717) is 23.6 Å². The Morgan fingerprint density at radius 3 is 2.38 bits per heavy atom. The van der Waals surface area contributed by atoms with Gasteiger partial charge in [-0.25, -0.2) is 26.3 Å². The van der Waals surface area contributed by atoms with E-state index < -0.39 is 72.3 Å². The number of benzene rings is 3. The number of aromatic hydroxyl groups is 1. The summed E-state index contributed by atoms with van der Waals surface area (Å²) >= 11 is 0. The number of halogens is 6. The van der Waals surface area contributed by atoms with Gasteiger partial charge >= 0.3 is 6.01 Å². The van der Waals surface area contributed by atoms with Crippen LogP contribution in [0.3, 0.4) is 0 Å². The maximum Gasteiger partial charge on any atom is 0.319 e. The molecule has 2 saturated heterocycles. The fourth-order valence-corrected chi connectivity index (χ4v) is 8.88. The molecule has 4 atom stereocenters. The van der Waals surface area contributed by atoms with Gasteiger partial charge in [-0.2, -0.15) is 15.1 Å². The molecular weight excluding hydrogens is 728 g/mol. The number of piperazine rings is 1. The van der Waals surface area contributed by atoms with Gasteiger partial charge in [0.1, 0.15) is 40.9 Å². The third-order valence-electron chi connectivity index (χ3n) is 11.6. The molecule has 0 radical (unpaired) electrons. The molecule has 16 heteroatoms. The van der Waals surface area contributed by atoms with Gasteiger partial charge in [-0.1, -0.05) is 12.0 Å². The average molecular weight is 764 g/mol. The molecule has 5 aromatic rings. The van der Waals surface area contributed by atoms with Crippen molar-refractivity contribution in [1.82, 2.24) is 29.5 Å². The first-order valence-electron chi connectivity index (χ1n) is 17.9. The Bertz CT molecular complexity index is 2500. The molecule has 2 aliphatic heterocycles. The van der Waals surface area contributed by atoms with Crippen LogP contribution in [0.2, 0.25) is 0 Å². The first kappa shape index (κ1) is 35.4. The van der Waals surface area contributed by atoms with E-state index in [2.05, 4.69) is 16.0 Å². The fraction of sp³-hybridized carbons (Fsp3) is 0.436. The quantitative estimate of drug-likeness (QED) is 0.150. The zero-order valence-corrected chi connectivity index (χ0v) is 30.0. The predicted molar refractivity (Wildman–Crippen MR) is 191 cm³/mol. The minimum atomic E-state index is -3.03. The van der Waals surface area contributed by atoms with Crippen LogP contribution in [-0.4, -0.2) is 105 Å². The van der Waals surface area contributed by atoms with Crippen LogP contribution in [0.25, 0.3) is 43.7 Å². The van der Waals surface area contributed by atoms with Crippen molar-refractivity contribution >= 4 is 44.3 Å². The van der Waals surface area contributed by atoms with Crippen molar-refractivity contribution in [3.8, 4) is 35.2 Å². The molecule has 2 bridgehead atoms. The van der Waals surface area contributed by atoms with E-state index in [1.165, 1.54) is 22.9 Å². The Morgan fingerprint density at radius 2 is 1.76 bits per heavy atom. The molecule has 0 spiro atoms. The Labute approximate surface area is 310 Å². The summed E-state index contributed by atoms with van der Waals surface area (Å²) in [5.41, 5.74) is -1.96. The van der Waals surface area contributed by atoms with E-state index >= 15 is 8.78 Å². The number of alkyl halides is 4. The first-order chi connectivity index (χ1) is 26.0. The van der Waals surface area contributed by atoms with Crippen molar-refractivity contribution in [3.63, 3.8) is 0 Å². The molecule has 1 amide bonds. The summed E-state index contributed by atoms with van der Waals surface area (Å²) < 4.78 is 97.8. The number of phenols is 1. The molecule has 9 rings (SSSR count). The van der Waals surface area contributed by atoms with Crippen LogP contribution >= 0.6 is 0 Å². The van der Waals surface area contributed by atoms with Gasteiger partial charge in [0, 0.05) is 74.1 Å². The summed E-state index contributed by atoms with van der Waals surface area (Å²) in [7, 11) is 4.96. The number of aryl methyl sites for hydroxylation is 1. The number of hydrogen-bond donors (Lipinski definition) is 1. The van der Waals surface area contributed by atoms with Crippen LogP contribution in [0.1, 0.15) is 31.2 Å². The van der Waals surface area contributed by atoms with Crippen LogP contribution in [0.4, 0.5) is 32.2 Å². The maximum absolute atomic E-state index is 17.6. The van der Waals surface area contributed by atoms with Crippen molar-refractivity contribution in [1.29, 1.82) is 0 Å². The second kappa shape index (κ2) is 11.8. The standard InChI is InChI=1S/C39H35F6N7O3/c1-5-23-27(40)9-6-19-10-22(53)11-24(28(19)23)29-31(41)33-30(25-15-50(4)48-32(25)29)34(47-36(46-33)55-18-37(17-49(2)3)16-39(37,44)45)51-13-20-7-8-21(14-51)52(20)35(54)26-12-38(26,42)43/h1,6,9-11,15,20-21,26,53H,7-8,12-14,16-18H2,2-4H3/t20?,21?,26?,37-/m1/s1. The Balaban J connectivity index is 1.24. The monoisotopic (exact) mass is 763 g/mol. The van der Waals surface area contributed by atoms with E-state index in [0.717, 1.165) is 6.07 Å². The Hall–Kier alpha value is -5.30. The van der Waals surface area contributed by atoms with Gasteiger partial charge in [0.15, 0.2) is 5.82 Å². The number of hydrogen-bond acceptors (Lipinski definition) is 8. The molecule has 3 aromatic carbocycles. The molecule has 2 aliphatic carbocycles.